The van der Waals surface area contributed by atoms with E-state index in [1.807, 2.05) is 31.2 Å². The number of hydrogen-bond acceptors (Lipinski definition) is 5. The van der Waals surface area contributed by atoms with Crippen molar-refractivity contribution in [3.63, 3.8) is 0 Å². The number of benzene rings is 1. The summed E-state index contributed by atoms with van der Waals surface area (Å²) >= 11 is 0. The second-order valence-corrected chi connectivity index (χ2v) is 4.64. The molecule has 0 unspecified atom stereocenters. The molecular formula is C14H15N5O2. The molecule has 3 aromatic rings. The first kappa shape index (κ1) is 13.2. The molecule has 3 N–H and O–H groups in total. The molecule has 7 nitrogen and oxygen atoms in total. The van der Waals surface area contributed by atoms with Gasteiger partial charge in [-0.1, -0.05) is 17.7 Å². The number of aryl methyl sites for hydroxylation is 1. The summed E-state index contributed by atoms with van der Waals surface area (Å²) in [7, 11) is 0. The minimum Gasteiger partial charge on any atom is -0.492 e. The van der Waals surface area contributed by atoms with Crippen molar-refractivity contribution in [3.8, 4) is 5.75 Å². The Kier molecular flexibility index (Phi) is 3.55. The van der Waals surface area contributed by atoms with Gasteiger partial charge in [0.2, 0.25) is 5.95 Å². The smallest absolute Gasteiger partial charge is 0.263 e. The second kappa shape index (κ2) is 5.66. The number of hydrogen-bond donors (Lipinski definition) is 3. The van der Waals surface area contributed by atoms with Gasteiger partial charge in [-0.05, 0) is 19.1 Å². The van der Waals surface area contributed by atoms with Gasteiger partial charge < -0.3 is 10.1 Å². The van der Waals surface area contributed by atoms with E-state index in [0.29, 0.717) is 30.1 Å². The number of H-pyrrole nitrogens is 2. The molecule has 0 aliphatic carbocycles. The molecule has 0 aliphatic heterocycles. The first-order valence-corrected chi connectivity index (χ1v) is 6.59. The Morgan fingerprint density at radius 2 is 2.10 bits per heavy atom. The summed E-state index contributed by atoms with van der Waals surface area (Å²) in [6.45, 7) is 3.02. The van der Waals surface area contributed by atoms with Gasteiger partial charge in [-0.2, -0.15) is 10.1 Å². The van der Waals surface area contributed by atoms with Crippen LogP contribution in [0.4, 0.5) is 5.95 Å². The summed E-state index contributed by atoms with van der Waals surface area (Å²) < 4.78 is 5.58. The fourth-order valence-corrected chi connectivity index (χ4v) is 1.90. The zero-order valence-electron chi connectivity index (χ0n) is 11.5. The average molecular weight is 285 g/mol. The van der Waals surface area contributed by atoms with E-state index >= 15 is 0 Å². The molecule has 0 saturated carbocycles. The molecule has 0 fully saturated rings. The summed E-state index contributed by atoms with van der Waals surface area (Å²) in [5.74, 6) is 1.21. The van der Waals surface area contributed by atoms with Gasteiger partial charge in [-0.3, -0.25) is 14.9 Å². The van der Waals surface area contributed by atoms with Gasteiger partial charge in [0.1, 0.15) is 17.7 Å². The standard InChI is InChI=1S/C14H15N5O2/c1-9-2-4-10(5-3-9)21-7-6-15-14-17-12-11(8-16-19-12)13(20)18-14/h2-5,8H,6-7H2,1H3,(H3,15,16,17,18,19,20). The van der Waals surface area contributed by atoms with E-state index in [9.17, 15) is 4.79 Å². The summed E-state index contributed by atoms with van der Waals surface area (Å²) in [6.07, 6.45) is 1.45. The van der Waals surface area contributed by atoms with Gasteiger partial charge in [0.05, 0.1) is 12.7 Å². The lowest BCUT2D eigenvalue weighted by atomic mass is 10.2. The third-order valence-corrected chi connectivity index (χ3v) is 3.00. The van der Waals surface area contributed by atoms with Crippen molar-refractivity contribution in [2.24, 2.45) is 0 Å². The van der Waals surface area contributed by atoms with Crippen molar-refractivity contribution in [1.29, 1.82) is 0 Å². The van der Waals surface area contributed by atoms with E-state index in [-0.39, 0.29) is 5.56 Å². The Bertz CT molecular complexity index is 791. The minimum atomic E-state index is -0.226. The Morgan fingerprint density at radius 3 is 2.90 bits per heavy atom. The maximum Gasteiger partial charge on any atom is 0.263 e. The summed E-state index contributed by atoms with van der Waals surface area (Å²) in [6, 6.07) is 7.83. The van der Waals surface area contributed by atoms with E-state index in [1.165, 1.54) is 11.8 Å². The summed E-state index contributed by atoms with van der Waals surface area (Å²) in [5.41, 5.74) is 1.42. The van der Waals surface area contributed by atoms with Crippen LogP contribution in [0.3, 0.4) is 0 Å². The molecule has 2 heterocycles. The molecule has 0 aliphatic rings. The van der Waals surface area contributed by atoms with Crippen LogP contribution < -0.4 is 15.6 Å². The highest BCUT2D eigenvalue weighted by Crippen LogP contribution is 2.11. The second-order valence-electron chi connectivity index (χ2n) is 4.64. The van der Waals surface area contributed by atoms with Crippen LogP contribution in [-0.4, -0.2) is 33.3 Å². The lowest BCUT2D eigenvalue weighted by Gasteiger charge is -2.08. The van der Waals surface area contributed by atoms with Crippen molar-refractivity contribution < 1.29 is 4.74 Å². The zero-order valence-corrected chi connectivity index (χ0v) is 11.5. The number of aromatic nitrogens is 4. The fourth-order valence-electron chi connectivity index (χ4n) is 1.90. The van der Waals surface area contributed by atoms with E-state index in [4.69, 9.17) is 4.74 Å². The highest BCUT2D eigenvalue weighted by atomic mass is 16.5. The highest BCUT2D eigenvalue weighted by Gasteiger charge is 2.04. The fraction of sp³-hybridized carbons (Fsp3) is 0.214. The maximum absolute atomic E-state index is 11.7. The van der Waals surface area contributed by atoms with Gasteiger partial charge >= 0.3 is 0 Å². The Morgan fingerprint density at radius 1 is 1.29 bits per heavy atom. The first-order valence-electron chi connectivity index (χ1n) is 6.59. The molecule has 7 heteroatoms. The number of anilines is 1. The number of nitrogens with zero attached hydrogens (tertiary/aromatic N) is 2. The molecule has 0 amide bonds. The van der Waals surface area contributed by atoms with Crippen LogP contribution in [0.15, 0.2) is 35.3 Å². The van der Waals surface area contributed by atoms with Crippen LogP contribution in [0.1, 0.15) is 5.56 Å². The molecule has 108 valence electrons. The highest BCUT2D eigenvalue weighted by molar-refractivity contribution is 5.73. The number of fused-ring (bicyclic) bond motifs is 1. The Labute approximate surface area is 120 Å². The van der Waals surface area contributed by atoms with Crippen LogP contribution in [0, 0.1) is 6.92 Å². The van der Waals surface area contributed by atoms with Crippen LogP contribution >= 0.6 is 0 Å². The predicted octanol–water partition coefficient (Wildman–Crippen LogP) is 1.45. The van der Waals surface area contributed by atoms with E-state index in [2.05, 4.69) is 25.5 Å². The number of aromatic amines is 2. The van der Waals surface area contributed by atoms with Crippen molar-refractivity contribution in [2.45, 2.75) is 6.92 Å². The molecule has 0 radical (unpaired) electrons. The third kappa shape index (κ3) is 3.02. The van der Waals surface area contributed by atoms with Gasteiger partial charge in [-0.15, -0.1) is 0 Å². The van der Waals surface area contributed by atoms with Crippen LogP contribution in [0.2, 0.25) is 0 Å². The summed E-state index contributed by atoms with van der Waals surface area (Å²) in [4.78, 5) is 18.6. The summed E-state index contributed by atoms with van der Waals surface area (Å²) in [5, 5.41) is 9.91. The molecule has 3 rings (SSSR count). The maximum atomic E-state index is 11.7. The number of ether oxygens (including phenoxy) is 1. The molecule has 21 heavy (non-hydrogen) atoms. The van der Waals surface area contributed by atoms with Gasteiger partial charge in [0.15, 0.2) is 5.65 Å². The van der Waals surface area contributed by atoms with E-state index in [0.717, 1.165) is 5.75 Å². The van der Waals surface area contributed by atoms with Gasteiger partial charge in [0.25, 0.3) is 5.56 Å². The Balaban J connectivity index is 1.57. The number of nitrogens with one attached hydrogen (secondary N) is 3. The normalized spacial score (nSPS) is 10.7. The molecular weight excluding hydrogens is 270 g/mol. The molecule has 0 spiro atoms. The molecule has 0 atom stereocenters. The van der Waals surface area contributed by atoms with Crippen LogP contribution in [0.25, 0.3) is 11.0 Å². The molecule has 0 saturated heterocycles. The van der Waals surface area contributed by atoms with Crippen molar-refractivity contribution in [3.05, 3.63) is 46.4 Å². The quantitative estimate of drug-likeness (QED) is 0.617. The molecule has 0 bridgehead atoms. The van der Waals surface area contributed by atoms with Crippen molar-refractivity contribution >= 4 is 17.0 Å². The van der Waals surface area contributed by atoms with Gasteiger partial charge in [-0.25, -0.2) is 0 Å². The first-order chi connectivity index (χ1) is 10.2. The third-order valence-electron chi connectivity index (χ3n) is 3.00. The van der Waals surface area contributed by atoms with Crippen molar-refractivity contribution in [1.82, 2.24) is 20.2 Å². The van der Waals surface area contributed by atoms with Crippen LogP contribution in [0.5, 0.6) is 5.75 Å². The average Bonchev–Trinajstić information content (AvgIpc) is 2.94. The molecule has 2 aromatic heterocycles. The number of rotatable bonds is 5. The monoisotopic (exact) mass is 285 g/mol. The minimum absolute atomic E-state index is 0.226. The zero-order chi connectivity index (χ0) is 14.7. The molecule has 1 aromatic carbocycles. The predicted molar refractivity (Wildman–Crippen MR) is 79.7 cm³/mol. The lowest BCUT2D eigenvalue weighted by molar-refractivity contribution is 0.332. The largest absolute Gasteiger partial charge is 0.492 e. The lowest BCUT2D eigenvalue weighted by Crippen LogP contribution is -2.17. The Hall–Kier alpha value is -2.83. The van der Waals surface area contributed by atoms with Crippen LogP contribution in [-0.2, 0) is 0 Å². The van der Waals surface area contributed by atoms with E-state index in [1.54, 1.807) is 0 Å². The van der Waals surface area contributed by atoms with E-state index < -0.39 is 0 Å². The van der Waals surface area contributed by atoms with Gasteiger partial charge in [0, 0.05) is 0 Å². The topological polar surface area (TPSA) is 95.7 Å². The SMILES string of the molecule is Cc1ccc(OCCNc2nc3[nH]ncc3c(=O)[nH]2)cc1. The van der Waals surface area contributed by atoms with Crippen molar-refractivity contribution in [2.75, 3.05) is 18.5 Å².